The van der Waals surface area contributed by atoms with E-state index in [4.69, 9.17) is 14.6 Å². The zero-order valence-electron chi connectivity index (χ0n) is 8.88. The number of carboxylic acids is 1. The first-order valence-corrected chi connectivity index (χ1v) is 5.01. The van der Waals surface area contributed by atoms with Crippen LogP contribution in [-0.2, 0) is 9.59 Å². The molecule has 6 heteroatoms. The van der Waals surface area contributed by atoms with E-state index in [9.17, 15) is 9.59 Å². The fourth-order valence-corrected chi connectivity index (χ4v) is 1.66. The number of carbonyl (C=O) groups excluding carboxylic acids is 1. The summed E-state index contributed by atoms with van der Waals surface area (Å²) in [7, 11) is 0. The van der Waals surface area contributed by atoms with Crippen molar-refractivity contribution in [1.82, 2.24) is 5.32 Å². The lowest BCUT2D eigenvalue weighted by atomic mass is 10.0. The standard InChI is InChI=1S/C11H11NO5/c13-5-12-8(4-11(14)15)7-1-2-9-10(3-7)17-6-16-9/h1-3,5,8H,4,6H2,(H,12,13)(H,14,15)/t8-/m0/s1. The molecule has 1 aromatic carbocycles. The molecule has 0 saturated carbocycles. The summed E-state index contributed by atoms with van der Waals surface area (Å²) in [5.41, 5.74) is 0.670. The molecule has 0 aliphatic carbocycles. The minimum absolute atomic E-state index is 0.156. The quantitative estimate of drug-likeness (QED) is 0.735. The number of carboxylic acid groups (broad SMARTS) is 1. The van der Waals surface area contributed by atoms with Crippen molar-refractivity contribution in [3.8, 4) is 11.5 Å². The number of nitrogens with one attached hydrogen (secondary N) is 1. The molecule has 1 heterocycles. The number of hydrogen-bond acceptors (Lipinski definition) is 4. The molecule has 2 rings (SSSR count). The van der Waals surface area contributed by atoms with Crippen LogP contribution in [-0.4, -0.2) is 24.3 Å². The van der Waals surface area contributed by atoms with E-state index in [2.05, 4.69) is 5.32 Å². The van der Waals surface area contributed by atoms with E-state index in [0.717, 1.165) is 0 Å². The van der Waals surface area contributed by atoms with E-state index in [1.165, 1.54) is 0 Å². The monoisotopic (exact) mass is 237 g/mol. The Morgan fingerprint density at radius 1 is 1.47 bits per heavy atom. The predicted molar refractivity (Wildman–Crippen MR) is 56.8 cm³/mol. The summed E-state index contributed by atoms with van der Waals surface area (Å²) in [6, 6.07) is 4.50. The summed E-state index contributed by atoms with van der Waals surface area (Å²) in [5, 5.41) is 11.2. The Morgan fingerprint density at radius 2 is 2.24 bits per heavy atom. The molecule has 2 N–H and O–H groups in total. The Morgan fingerprint density at radius 3 is 2.94 bits per heavy atom. The SMILES string of the molecule is O=CN[C@@H](CC(=O)O)c1ccc2c(c1)OCO2. The third-order valence-electron chi connectivity index (χ3n) is 2.45. The van der Waals surface area contributed by atoms with Crippen LogP contribution in [0.5, 0.6) is 11.5 Å². The number of carbonyl (C=O) groups is 2. The number of aliphatic carboxylic acids is 1. The molecule has 1 amide bonds. The lowest BCUT2D eigenvalue weighted by Crippen LogP contribution is -2.22. The molecule has 1 atom stereocenters. The van der Waals surface area contributed by atoms with E-state index < -0.39 is 12.0 Å². The van der Waals surface area contributed by atoms with Crippen molar-refractivity contribution in [3.05, 3.63) is 23.8 Å². The van der Waals surface area contributed by atoms with Crippen LogP contribution in [0.1, 0.15) is 18.0 Å². The summed E-state index contributed by atoms with van der Waals surface area (Å²) < 4.78 is 10.3. The molecule has 0 bridgehead atoms. The van der Waals surface area contributed by atoms with Crippen LogP contribution in [0.25, 0.3) is 0 Å². The second-order valence-electron chi connectivity index (χ2n) is 3.55. The van der Waals surface area contributed by atoms with Gasteiger partial charge in [0, 0.05) is 0 Å². The molecule has 90 valence electrons. The number of rotatable bonds is 5. The highest BCUT2D eigenvalue weighted by Gasteiger charge is 2.19. The molecule has 0 radical (unpaired) electrons. The largest absolute Gasteiger partial charge is 0.481 e. The maximum absolute atomic E-state index is 10.7. The summed E-state index contributed by atoms with van der Waals surface area (Å²) in [6.07, 6.45) is 0.302. The van der Waals surface area contributed by atoms with Gasteiger partial charge in [0.15, 0.2) is 11.5 Å². The summed E-state index contributed by atoms with van der Waals surface area (Å²) in [4.78, 5) is 21.1. The Bertz CT molecular complexity index is 445. The van der Waals surface area contributed by atoms with Gasteiger partial charge in [-0.15, -0.1) is 0 Å². The topological polar surface area (TPSA) is 84.9 Å². The minimum atomic E-state index is -0.984. The van der Waals surface area contributed by atoms with Crippen molar-refractivity contribution in [2.75, 3.05) is 6.79 Å². The Balaban J connectivity index is 2.23. The smallest absolute Gasteiger partial charge is 0.305 e. The van der Waals surface area contributed by atoms with E-state index in [1.807, 2.05) is 0 Å². The van der Waals surface area contributed by atoms with Gasteiger partial charge in [-0.3, -0.25) is 9.59 Å². The van der Waals surface area contributed by atoms with Crippen LogP contribution in [0.4, 0.5) is 0 Å². The molecule has 1 aliphatic rings. The van der Waals surface area contributed by atoms with Gasteiger partial charge < -0.3 is 19.9 Å². The van der Waals surface area contributed by atoms with Crippen LogP contribution >= 0.6 is 0 Å². The average molecular weight is 237 g/mol. The van der Waals surface area contributed by atoms with Gasteiger partial charge in [-0.05, 0) is 17.7 Å². The predicted octanol–water partition coefficient (Wildman–Crippen LogP) is 0.677. The summed E-state index contributed by atoms with van der Waals surface area (Å²) in [6.45, 7) is 0.156. The molecule has 0 spiro atoms. The average Bonchev–Trinajstić information content (AvgIpc) is 2.74. The van der Waals surface area contributed by atoms with Crippen molar-refractivity contribution < 1.29 is 24.2 Å². The lowest BCUT2D eigenvalue weighted by Gasteiger charge is -2.14. The molecule has 1 aliphatic heterocycles. The Kier molecular flexibility index (Phi) is 3.13. The second kappa shape index (κ2) is 4.73. The summed E-state index contributed by atoms with van der Waals surface area (Å²) >= 11 is 0. The zero-order chi connectivity index (χ0) is 12.3. The fraction of sp³-hybridized carbons (Fsp3) is 0.273. The van der Waals surface area contributed by atoms with Crippen molar-refractivity contribution in [2.24, 2.45) is 0 Å². The van der Waals surface area contributed by atoms with E-state index in [0.29, 0.717) is 23.5 Å². The van der Waals surface area contributed by atoms with Crippen LogP contribution in [0.15, 0.2) is 18.2 Å². The molecule has 0 saturated heterocycles. The number of benzene rings is 1. The van der Waals surface area contributed by atoms with Gasteiger partial charge in [-0.1, -0.05) is 6.07 Å². The molecular weight excluding hydrogens is 226 g/mol. The highest BCUT2D eigenvalue weighted by Crippen LogP contribution is 2.34. The molecule has 0 aromatic heterocycles. The maximum Gasteiger partial charge on any atom is 0.305 e. The molecule has 1 aromatic rings. The van der Waals surface area contributed by atoms with E-state index >= 15 is 0 Å². The highest BCUT2D eigenvalue weighted by molar-refractivity contribution is 5.68. The van der Waals surface area contributed by atoms with Crippen LogP contribution in [0.2, 0.25) is 0 Å². The van der Waals surface area contributed by atoms with Gasteiger partial charge >= 0.3 is 5.97 Å². The second-order valence-corrected chi connectivity index (χ2v) is 3.55. The molecule has 17 heavy (non-hydrogen) atoms. The van der Waals surface area contributed by atoms with Gasteiger partial charge in [0.2, 0.25) is 13.2 Å². The fourth-order valence-electron chi connectivity index (χ4n) is 1.66. The Labute approximate surface area is 97.1 Å². The third kappa shape index (κ3) is 2.47. The van der Waals surface area contributed by atoms with Crippen LogP contribution in [0, 0.1) is 0 Å². The number of fused-ring (bicyclic) bond motifs is 1. The van der Waals surface area contributed by atoms with Crippen LogP contribution in [0.3, 0.4) is 0 Å². The first kappa shape index (κ1) is 11.3. The third-order valence-corrected chi connectivity index (χ3v) is 2.45. The van der Waals surface area contributed by atoms with E-state index in [1.54, 1.807) is 18.2 Å². The van der Waals surface area contributed by atoms with Crippen molar-refractivity contribution in [1.29, 1.82) is 0 Å². The maximum atomic E-state index is 10.7. The summed E-state index contributed by atoms with van der Waals surface area (Å²) in [5.74, 6) is 0.196. The van der Waals surface area contributed by atoms with Gasteiger partial charge in [0.25, 0.3) is 0 Å². The van der Waals surface area contributed by atoms with Gasteiger partial charge in [-0.25, -0.2) is 0 Å². The van der Waals surface area contributed by atoms with Crippen molar-refractivity contribution >= 4 is 12.4 Å². The number of ether oxygens (including phenoxy) is 2. The molecular formula is C11H11NO5. The van der Waals surface area contributed by atoms with Gasteiger partial charge in [-0.2, -0.15) is 0 Å². The van der Waals surface area contributed by atoms with Crippen LogP contribution < -0.4 is 14.8 Å². The first-order valence-electron chi connectivity index (χ1n) is 5.01. The van der Waals surface area contributed by atoms with Crippen molar-refractivity contribution in [2.45, 2.75) is 12.5 Å². The molecule has 0 unspecified atom stereocenters. The lowest BCUT2D eigenvalue weighted by molar-refractivity contribution is -0.137. The normalized spacial score (nSPS) is 14.1. The first-order chi connectivity index (χ1) is 8.20. The Hall–Kier alpha value is -2.24. The highest BCUT2D eigenvalue weighted by atomic mass is 16.7. The number of amides is 1. The molecule has 0 fully saturated rings. The van der Waals surface area contributed by atoms with Gasteiger partial charge in [0.05, 0.1) is 12.5 Å². The number of hydrogen-bond donors (Lipinski definition) is 2. The zero-order valence-corrected chi connectivity index (χ0v) is 8.88. The molecule has 6 nitrogen and oxygen atoms in total. The van der Waals surface area contributed by atoms with E-state index in [-0.39, 0.29) is 13.2 Å². The van der Waals surface area contributed by atoms with Crippen molar-refractivity contribution in [3.63, 3.8) is 0 Å². The van der Waals surface area contributed by atoms with Gasteiger partial charge in [0.1, 0.15) is 0 Å². The minimum Gasteiger partial charge on any atom is -0.481 e.